The molecule has 1 N–H and O–H groups in total. The molecule has 1 spiro atoms. The molecule has 31 heavy (non-hydrogen) atoms. The number of halogens is 4. The molecule has 1 aliphatic carbocycles. The van der Waals surface area contributed by atoms with E-state index in [9.17, 15) is 18.3 Å². The molecule has 2 unspecified atom stereocenters. The highest BCUT2D eigenvalue weighted by Gasteiger charge is 2.44. The summed E-state index contributed by atoms with van der Waals surface area (Å²) < 4.78 is 39.0. The van der Waals surface area contributed by atoms with E-state index in [2.05, 4.69) is 27.0 Å². The first-order chi connectivity index (χ1) is 14.7. The van der Waals surface area contributed by atoms with Gasteiger partial charge in [-0.3, -0.25) is 4.90 Å². The Balaban J connectivity index is 1.24. The zero-order valence-corrected chi connectivity index (χ0v) is 17.7. The van der Waals surface area contributed by atoms with Gasteiger partial charge in [0.1, 0.15) is 5.69 Å². The second kappa shape index (κ2) is 7.60. The monoisotopic (exact) mass is 452 g/mol. The van der Waals surface area contributed by atoms with Gasteiger partial charge in [0.05, 0.1) is 12.1 Å². The Morgan fingerprint density at radius 1 is 1.06 bits per heavy atom. The number of nitrogens with zero attached hydrogens (tertiary/aromatic N) is 4. The molecule has 5 rings (SSSR count). The number of fused-ring (bicyclic) bond motifs is 1. The number of aliphatic hydroxyl groups excluding tert-OH is 1. The van der Waals surface area contributed by atoms with Crippen molar-refractivity contribution in [1.82, 2.24) is 14.9 Å². The molecule has 3 heterocycles. The lowest BCUT2D eigenvalue weighted by molar-refractivity contribution is -0.141. The van der Waals surface area contributed by atoms with E-state index in [0.717, 1.165) is 56.1 Å². The third kappa shape index (κ3) is 4.01. The summed E-state index contributed by atoms with van der Waals surface area (Å²) in [5.74, 6) is 0.0213. The van der Waals surface area contributed by atoms with Crippen LogP contribution in [-0.2, 0) is 19.0 Å². The molecule has 1 aromatic heterocycles. The number of β-amino-alcohol motifs (C(OH)–C–C–N with tert-alkyl or cyclic N) is 1. The van der Waals surface area contributed by atoms with Gasteiger partial charge in [-0.25, -0.2) is 9.97 Å². The largest absolute Gasteiger partial charge is 0.433 e. The van der Waals surface area contributed by atoms with Crippen molar-refractivity contribution in [3.63, 3.8) is 0 Å². The minimum atomic E-state index is -4.51. The Labute approximate surface area is 183 Å². The number of aromatic nitrogens is 2. The maximum Gasteiger partial charge on any atom is 0.433 e. The minimum Gasteiger partial charge on any atom is -0.390 e. The summed E-state index contributed by atoms with van der Waals surface area (Å²) in [5, 5.41) is 11.4. The molecule has 2 saturated heterocycles. The normalized spacial score (nSPS) is 25.9. The van der Waals surface area contributed by atoms with Gasteiger partial charge in [-0.05, 0) is 73.5 Å². The second-order valence-corrected chi connectivity index (χ2v) is 9.52. The third-order valence-electron chi connectivity index (χ3n) is 7.10. The van der Waals surface area contributed by atoms with Crippen molar-refractivity contribution < 1.29 is 18.3 Å². The van der Waals surface area contributed by atoms with Crippen LogP contribution in [0.2, 0.25) is 5.02 Å². The lowest BCUT2D eigenvalue weighted by atomic mass is 9.75. The van der Waals surface area contributed by atoms with Crippen LogP contribution in [0.1, 0.15) is 29.7 Å². The number of alkyl halides is 3. The number of benzene rings is 1. The number of hydrogen-bond acceptors (Lipinski definition) is 5. The third-order valence-corrected chi connectivity index (χ3v) is 7.34. The van der Waals surface area contributed by atoms with Crippen LogP contribution in [0.5, 0.6) is 0 Å². The number of anilines is 1. The van der Waals surface area contributed by atoms with E-state index in [4.69, 9.17) is 11.6 Å². The summed E-state index contributed by atoms with van der Waals surface area (Å²) in [7, 11) is 0. The fourth-order valence-corrected chi connectivity index (χ4v) is 5.63. The van der Waals surface area contributed by atoms with Gasteiger partial charge in [-0.1, -0.05) is 17.7 Å². The SMILES string of the molecule is OC1CN(c2nccc(C(F)(F)F)n2)CC1N1CCC2(CC1)Cc1ccc(Cl)cc1C2. The molecule has 2 atom stereocenters. The van der Waals surface area contributed by atoms with Crippen LogP contribution in [-0.4, -0.2) is 58.3 Å². The van der Waals surface area contributed by atoms with Crippen LogP contribution in [0.15, 0.2) is 30.5 Å². The van der Waals surface area contributed by atoms with Crippen molar-refractivity contribution in [2.24, 2.45) is 5.41 Å². The molecule has 0 bridgehead atoms. The van der Waals surface area contributed by atoms with E-state index in [1.54, 1.807) is 4.90 Å². The Kier molecular flexibility index (Phi) is 5.14. The first-order valence-corrected chi connectivity index (χ1v) is 10.9. The van der Waals surface area contributed by atoms with E-state index in [0.29, 0.717) is 6.54 Å². The smallest absolute Gasteiger partial charge is 0.390 e. The molecule has 9 heteroatoms. The lowest BCUT2D eigenvalue weighted by Gasteiger charge is -2.42. The Bertz CT molecular complexity index is 977. The number of aliphatic hydroxyl groups is 1. The summed E-state index contributed by atoms with van der Waals surface area (Å²) in [6.07, 6.45) is 0.121. The van der Waals surface area contributed by atoms with E-state index >= 15 is 0 Å². The van der Waals surface area contributed by atoms with Crippen molar-refractivity contribution in [2.75, 3.05) is 31.1 Å². The van der Waals surface area contributed by atoms with Gasteiger partial charge in [0.15, 0.2) is 0 Å². The van der Waals surface area contributed by atoms with Crippen LogP contribution in [0, 0.1) is 5.41 Å². The van der Waals surface area contributed by atoms with Gasteiger partial charge in [-0.2, -0.15) is 13.2 Å². The van der Waals surface area contributed by atoms with Crippen molar-refractivity contribution >= 4 is 17.5 Å². The second-order valence-electron chi connectivity index (χ2n) is 9.08. The van der Waals surface area contributed by atoms with Gasteiger partial charge in [0, 0.05) is 24.3 Å². The Morgan fingerprint density at radius 2 is 1.81 bits per heavy atom. The predicted octanol–water partition coefficient (Wildman–Crippen LogP) is 3.58. The highest BCUT2D eigenvalue weighted by atomic mass is 35.5. The van der Waals surface area contributed by atoms with Crippen LogP contribution >= 0.6 is 11.6 Å². The molecular weight excluding hydrogens is 429 g/mol. The predicted molar refractivity (Wildman–Crippen MR) is 111 cm³/mol. The Hall–Kier alpha value is -1.90. The number of likely N-dealkylation sites (tertiary alicyclic amines) is 1. The summed E-state index contributed by atoms with van der Waals surface area (Å²) >= 11 is 6.16. The number of hydrogen-bond donors (Lipinski definition) is 1. The van der Waals surface area contributed by atoms with E-state index in [1.165, 1.54) is 11.1 Å². The standard InChI is InChI=1S/C22H24ClF3N4O/c23-16-2-1-14-10-21(11-15(14)9-16)4-7-29(8-5-21)17-12-30(13-18(17)31)20-27-6-3-19(28-20)22(24,25)26/h1-3,6,9,17-18,31H,4-5,7-8,10-13H2. The molecule has 0 saturated carbocycles. The maximum atomic E-state index is 13.0. The first kappa shape index (κ1) is 21.0. The molecule has 2 aromatic rings. The van der Waals surface area contributed by atoms with Gasteiger partial charge in [0.25, 0.3) is 0 Å². The molecule has 1 aromatic carbocycles. The average Bonchev–Trinajstić information content (AvgIpc) is 3.28. The van der Waals surface area contributed by atoms with Crippen LogP contribution in [0.25, 0.3) is 0 Å². The van der Waals surface area contributed by atoms with Crippen molar-refractivity contribution in [1.29, 1.82) is 0 Å². The molecule has 0 radical (unpaired) electrons. The molecular formula is C22H24ClF3N4O. The molecule has 3 aliphatic rings. The highest BCUT2D eigenvalue weighted by molar-refractivity contribution is 6.30. The molecule has 166 valence electrons. The minimum absolute atomic E-state index is 0.0213. The Morgan fingerprint density at radius 3 is 2.55 bits per heavy atom. The average molecular weight is 453 g/mol. The molecule has 0 amide bonds. The van der Waals surface area contributed by atoms with Crippen molar-refractivity contribution in [3.8, 4) is 0 Å². The van der Waals surface area contributed by atoms with Gasteiger partial charge < -0.3 is 10.0 Å². The quantitative estimate of drug-likeness (QED) is 0.755. The number of rotatable bonds is 2. The van der Waals surface area contributed by atoms with Crippen molar-refractivity contribution in [3.05, 3.63) is 52.3 Å². The summed E-state index contributed by atoms with van der Waals surface area (Å²) in [4.78, 5) is 11.6. The van der Waals surface area contributed by atoms with Crippen LogP contribution in [0.3, 0.4) is 0 Å². The zero-order valence-electron chi connectivity index (χ0n) is 16.9. The molecule has 2 fully saturated rings. The van der Waals surface area contributed by atoms with E-state index in [-0.39, 0.29) is 23.9 Å². The van der Waals surface area contributed by atoms with Gasteiger partial charge >= 0.3 is 6.18 Å². The van der Waals surface area contributed by atoms with Crippen LogP contribution in [0.4, 0.5) is 19.1 Å². The fourth-order valence-electron chi connectivity index (χ4n) is 5.44. The van der Waals surface area contributed by atoms with Crippen LogP contribution < -0.4 is 4.90 Å². The fraction of sp³-hybridized carbons (Fsp3) is 0.545. The zero-order chi connectivity index (χ0) is 21.8. The summed E-state index contributed by atoms with van der Waals surface area (Å²) in [5.41, 5.74) is 2.01. The molecule has 5 nitrogen and oxygen atoms in total. The van der Waals surface area contributed by atoms with E-state index in [1.807, 2.05) is 6.07 Å². The highest BCUT2D eigenvalue weighted by Crippen LogP contribution is 2.45. The lowest BCUT2D eigenvalue weighted by Crippen LogP contribution is -2.50. The number of piperidine rings is 1. The van der Waals surface area contributed by atoms with E-state index < -0.39 is 18.0 Å². The van der Waals surface area contributed by atoms with Gasteiger partial charge in [0.2, 0.25) is 5.95 Å². The van der Waals surface area contributed by atoms with Gasteiger partial charge in [-0.15, -0.1) is 0 Å². The first-order valence-electron chi connectivity index (χ1n) is 10.6. The maximum absolute atomic E-state index is 13.0. The summed E-state index contributed by atoms with van der Waals surface area (Å²) in [6.45, 7) is 2.38. The summed E-state index contributed by atoms with van der Waals surface area (Å²) in [6, 6.07) is 6.89. The topological polar surface area (TPSA) is 52.5 Å². The van der Waals surface area contributed by atoms with Crippen molar-refractivity contribution in [2.45, 2.75) is 44.0 Å². The molecule has 2 aliphatic heterocycles.